The summed E-state index contributed by atoms with van der Waals surface area (Å²) in [4.78, 5) is 54.7. The van der Waals surface area contributed by atoms with Gasteiger partial charge in [-0.15, -0.1) is 0 Å². The summed E-state index contributed by atoms with van der Waals surface area (Å²) in [5.74, 6) is -1.59. The molecule has 9 nitrogen and oxygen atoms in total. The van der Waals surface area contributed by atoms with Gasteiger partial charge < -0.3 is 26.0 Å². The van der Waals surface area contributed by atoms with Crippen LogP contribution in [0.4, 0.5) is 10.5 Å². The molecule has 4 amide bonds. The molecule has 0 aliphatic heterocycles. The van der Waals surface area contributed by atoms with E-state index in [0.717, 1.165) is 21.9 Å². The number of benzene rings is 3. The number of carbonyl (C=O) groups is 4. The van der Waals surface area contributed by atoms with Gasteiger partial charge in [0, 0.05) is 17.6 Å². The SMILES string of the molecule is Cc1ccc(C(C(=O)Nc2ccc3ccccc3c2)N(C(=O)C(CCC(N)=O)NC(=O)OC(C)(C)C)C(C)(C)C)cc1C. The minimum atomic E-state index is -1.18. The van der Waals surface area contributed by atoms with Gasteiger partial charge in [-0.1, -0.05) is 48.5 Å². The maximum Gasteiger partial charge on any atom is 0.408 e. The number of nitrogens with two attached hydrogens (primary N) is 1. The number of anilines is 1. The third-order valence-corrected chi connectivity index (χ3v) is 7.00. The van der Waals surface area contributed by atoms with E-state index >= 15 is 0 Å². The Bertz CT molecular complexity index is 1500. The van der Waals surface area contributed by atoms with Crippen molar-refractivity contribution < 1.29 is 23.9 Å². The van der Waals surface area contributed by atoms with Gasteiger partial charge in [0.1, 0.15) is 17.7 Å². The van der Waals surface area contributed by atoms with Crippen LogP contribution in [0.1, 0.15) is 77.1 Å². The molecule has 0 bridgehead atoms. The summed E-state index contributed by atoms with van der Waals surface area (Å²) < 4.78 is 5.41. The highest BCUT2D eigenvalue weighted by molar-refractivity contribution is 6.00. The third kappa shape index (κ3) is 9.04. The van der Waals surface area contributed by atoms with Gasteiger partial charge in [0.05, 0.1) is 0 Å². The normalized spacial score (nSPS) is 13.1. The highest BCUT2D eigenvalue weighted by Gasteiger charge is 2.42. The van der Waals surface area contributed by atoms with E-state index in [2.05, 4.69) is 10.6 Å². The van der Waals surface area contributed by atoms with E-state index in [0.29, 0.717) is 11.3 Å². The highest BCUT2D eigenvalue weighted by Crippen LogP contribution is 2.33. The Kier molecular flexibility index (Phi) is 10.2. The number of alkyl carbamates (subject to hydrolysis) is 1. The van der Waals surface area contributed by atoms with Crippen LogP contribution in [0.3, 0.4) is 0 Å². The molecule has 0 aliphatic rings. The maximum atomic E-state index is 14.4. The van der Waals surface area contributed by atoms with Crippen LogP contribution in [0.15, 0.2) is 60.7 Å². The van der Waals surface area contributed by atoms with Crippen LogP contribution < -0.4 is 16.4 Å². The molecule has 4 N–H and O–H groups in total. The van der Waals surface area contributed by atoms with Crippen molar-refractivity contribution in [3.05, 3.63) is 77.4 Å². The van der Waals surface area contributed by atoms with Crippen LogP contribution in [0.25, 0.3) is 10.8 Å². The molecule has 9 heteroatoms. The number of ether oxygens (including phenoxy) is 1. The van der Waals surface area contributed by atoms with Crippen molar-refractivity contribution in [2.45, 2.75) is 91.5 Å². The lowest BCUT2D eigenvalue weighted by Crippen LogP contribution is -2.58. The largest absolute Gasteiger partial charge is 0.444 e. The fourth-order valence-electron chi connectivity index (χ4n) is 4.84. The second kappa shape index (κ2) is 13.3. The van der Waals surface area contributed by atoms with E-state index in [-0.39, 0.29) is 12.8 Å². The standard InChI is InChI=1S/C34H44N4O5/c1-21-13-14-25(19-22(21)2)29(30(40)36-26-16-15-23-11-9-10-12-24(23)20-26)38(33(3,4)5)31(41)27(17-18-28(35)39)37-32(42)43-34(6,7)8/h9-16,19-20,27,29H,17-18H2,1-8H3,(H2,35,39)(H,36,40)(H,37,42). The fourth-order valence-corrected chi connectivity index (χ4v) is 4.84. The fraction of sp³-hybridized carbons (Fsp3) is 0.412. The van der Waals surface area contributed by atoms with E-state index in [1.165, 1.54) is 4.90 Å². The lowest BCUT2D eigenvalue weighted by atomic mass is 9.93. The minimum Gasteiger partial charge on any atom is -0.444 e. The number of rotatable bonds is 9. The molecule has 3 rings (SSSR count). The molecule has 0 heterocycles. The molecule has 0 aliphatic carbocycles. The molecule has 230 valence electrons. The molecule has 2 atom stereocenters. The summed E-state index contributed by atoms with van der Waals surface area (Å²) in [6, 6.07) is 16.8. The molecule has 2 unspecified atom stereocenters. The van der Waals surface area contributed by atoms with Gasteiger partial charge in [0.15, 0.2) is 0 Å². The predicted octanol–water partition coefficient (Wildman–Crippen LogP) is 5.92. The molecule has 43 heavy (non-hydrogen) atoms. The maximum absolute atomic E-state index is 14.4. The van der Waals surface area contributed by atoms with Crippen LogP contribution in [0, 0.1) is 13.8 Å². The minimum absolute atomic E-state index is 0.0636. The quantitative estimate of drug-likeness (QED) is 0.286. The molecule has 0 saturated carbocycles. The summed E-state index contributed by atoms with van der Waals surface area (Å²) in [5.41, 5.74) is 6.90. The Morgan fingerprint density at radius 3 is 2.09 bits per heavy atom. The summed E-state index contributed by atoms with van der Waals surface area (Å²) >= 11 is 0. The number of nitrogens with zero attached hydrogens (tertiary/aromatic N) is 1. The first-order chi connectivity index (χ1) is 20.0. The zero-order chi connectivity index (χ0) is 32.1. The number of hydrogen-bond donors (Lipinski definition) is 3. The van der Waals surface area contributed by atoms with Crippen molar-refractivity contribution in [1.82, 2.24) is 10.2 Å². The zero-order valence-corrected chi connectivity index (χ0v) is 26.4. The number of fused-ring (bicyclic) bond motifs is 1. The molecule has 0 spiro atoms. The summed E-state index contributed by atoms with van der Waals surface area (Å²) in [6.07, 6.45) is -1.03. The average molecular weight is 589 g/mol. The average Bonchev–Trinajstić information content (AvgIpc) is 2.89. The van der Waals surface area contributed by atoms with Gasteiger partial charge in [-0.3, -0.25) is 14.4 Å². The van der Waals surface area contributed by atoms with Gasteiger partial charge in [0.25, 0.3) is 5.91 Å². The highest BCUT2D eigenvalue weighted by atomic mass is 16.6. The first-order valence-corrected chi connectivity index (χ1v) is 14.4. The molecule has 3 aromatic carbocycles. The van der Waals surface area contributed by atoms with Gasteiger partial charge in [-0.05, 0) is 101 Å². The monoisotopic (exact) mass is 588 g/mol. The lowest BCUT2D eigenvalue weighted by molar-refractivity contribution is -0.147. The molecule has 0 saturated heterocycles. The summed E-state index contributed by atoms with van der Waals surface area (Å²) in [5, 5.41) is 7.63. The smallest absolute Gasteiger partial charge is 0.408 e. The number of aryl methyl sites for hydroxylation is 2. The summed E-state index contributed by atoms with van der Waals surface area (Å²) in [6.45, 7) is 14.5. The van der Waals surface area contributed by atoms with Crippen LogP contribution in [-0.2, 0) is 19.1 Å². The van der Waals surface area contributed by atoms with E-state index < -0.39 is 47.0 Å². The molecular weight excluding hydrogens is 544 g/mol. The van der Waals surface area contributed by atoms with E-state index in [9.17, 15) is 19.2 Å². The Hall–Kier alpha value is -4.40. The lowest BCUT2D eigenvalue weighted by Gasteiger charge is -2.43. The van der Waals surface area contributed by atoms with Gasteiger partial charge in [-0.25, -0.2) is 4.79 Å². The van der Waals surface area contributed by atoms with Crippen molar-refractivity contribution in [3.8, 4) is 0 Å². The number of amides is 4. The Labute approximate surface area is 254 Å². The Morgan fingerprint density at radius 1 is 0.860 bits per heavy atom. The number of hydrogen-bond acceptors (Lipinski definition) is 5. The second-order valence-electron chi connectivity index (χ2n) is 12.9. The van der Waals surface area contributed by atoms with E-state index in [1.807, 2.05) is 95.3 Å². The molecule has 3 aromatic rings. The zero-order valence-electron chi connectivity index (χ0n) is 26.4. The molecule has 0 radical (unpaired) electrons. The predicted molar refractivity (Wildman–Crippen MR) is 169 cm³/mol. The van der Waals surface area contributed by atoms with Crippen LogP contribution >= 0.6 is 0 Å². The Balaban J connectivity index is 2.10. The molecule has 0 aromatic heterocycles. The van der Waals surface area contributed by atoms with Crippen molar-refractivity contribution in [2.24, 2.45) is 5.73 Å². The van der Waals surface area contributed by atoms with Crippen molar-refractivity contribution in [3.63, 3.8) is 0 Å². The van der Waals surface area contributed by atoms with E-state index in [1.54, 1.807) is 20.8 Å². The van der Waals surface area contributed by atoms with Crippen molar-refractivity contribution >= 4 is 40.3 Å². The summed E-state index contributed by atoms with van der Waals surface area (Å²) in [7, 11) is 0. The van der Waals surface area contributed by atoms with E-state index in [4.69, 9.17) is 10.5 Å². The van der Waals surface area contributed by atoms with Gasteiger partial charge in [0.2, 0.25) is 11.8 Å². The number of primary amides is 1. The van der Waals surface area contributed by atoms with Crippen LogP contribution in [0.5, 0.6) is 0 Å². The molecular formula is C34H44N4O5. The van der Waals surface area contributed by atoms with Crippen molar-refractivity contribution in [2.75, 3.05) is 5.32 Å². The van der Waals surface area contributed by atoms with Crippen molar-refractivity contribution in [1.29, 1.82) is 0 Å². The first kappa shape index (κ1) is 33.1. The molecule has 0 fully saturated rings. The van der Waals surface area contributed by atoms with Gasteiger partial charge >= 0.3 is 6.09 Å². The first-order valence-electron chi connectivity index (χ1n) is 14.4. The van der Waals surface area contributed by atoms with Crippen LogP contribution in [-0.4, -0.2) is 45.9 Å². The topological polar surface area (TPSA) is 131 Å². The van der Waals surface area contributed by atoms with Gasteiger partial charge in [-0.2, -0.15) is 0 Å². The third-order valence-electron chi connectivity index (χ3n) is 7.00. The van der Waals surface area contributed by atoms with Crippen LogP contribution in [0.2, 0.25) is 0 Å². The number of nitrogens with one attached hydrogen (secondary N) is 2. The second-order valence-corrected chi connectivity index (χ2v) is 12.9. The Morgan fingerprint density at radius 2 is 1.51 bits per heavy atom. The number of carbonyl (C=O) groups excluding carboxylic acids is 4.